The van der Waals surface area contributed by atoms with Gasteiger partial charge in [0, 0.05) is 34.4 Å². The second kappa shape index (κ2) is 9.93. The lowest BCUT2D eigenvalue weighted by molar-refractivity contribution is -0.384. The lowest BCUT2D eigenvalue weighted by Gasteiger charge is -2.14. The molecule has 7 heteroatoms. The Morgan fingerprint density at radius 3 is 2.38 bits per heavy atom. The molecule has 0 saturated carbocycles. The van der Waals surface area contributed by atoms with E-state index in [2.05, 4.69) is 21.2 Å². The fraction of sp³-hybridized carbons (Fsp3) is 0.182. The molecule has 0 unspecified atom stereocenters. The van der Waals surface area contributed by atoms with Gasteiger partial charge in [0.2, 0.25) is 0 Å². The summed E-state index contributed by atoms with van der Waals surface area (Å²) in [6.07, 6.45) is 0. The van der Waals surface area contributed by atoms with Crippen LogP contribution < -0.4 is 14.8 Å². The van der Waals surface area contributed by atoms with Gasteiger partial charge in [-0.05, 0) is 67.1 Å². The summed E-state index contributed by atoms with van der Waals surface area (Å²) in [5.41, 5.74) is 2.91. The van der Waals surface area contributed by atoms with Gasteiger partial charge in [-0.2, -0.15) is 0 Å². The summed E-state index contributed by atoms with van der Waals surface area (Å²) in [7, 11) is 0. The summed E-state index contributed by atoms with van der Waals surface area (Å²) < 4.78 is 12.4. The molecule has 6 nitrogen and oxygen atoms in total. The van der Waals surface area contributed by atoms with Gasteiger partial charge in [-0.15, -0.1) is 0 Å². The largest absolute Gasteiger partial charge is 0.494 e. The average molecular weight is 457 g/mol. The van der Waals surface area contributed by atoms with Gasteiger partial charge in [-0.25, -0.2) is 0 Å². The first-order valence-corrected chi connectivity index (χ1v) is 9.95. The van der Waals surface area contributed by atoms with Crippen molar-refractivity contribution in [1.29, 1.82) is 0 Å². The zero-order chi connectivity index (χ0) is 20.6. The minimum Gasteiger partial charge on any atom is -0.494 e. The van der Waals surface area contributed by atoms with Crippen LogP contribution in [0.4, 0.5) is 11.4 Å². The Balaban J connectivity index is 1.64. The van der Waals surface area contributed by atoms with E-state index in [1.165, 1.54) is 12.1 Å². The van der Waals surface area contributed by atoms with Crippen molar-refractivity contribution in [3.8, 4) is 11.5 Å². The molecule has 29 heavy (non-hydrogen) atoms. The molecule has 0 fully saturated rings. The van der Waals surface area contributed by atoms with Gasteiger partial charge < -0.3 is 14.8 Å². The summed E-state index contributed by atoms with van der Waals surface area (Å²) in [6, 6.07) is 20.0. The highest BCUT2D eigenvalue weighted by atomic mass is 79.9. The van der Waals surface area contributed by atoms with Crippen molar-refractivity contribution in [2.75, 3.05) is 11.9 Å². The molecule has 0 amide bonds. The first kappa shape index (κ1) is 20.7. The molecule has 1 N–H and O–H groups in total. The zero-order valence-corrected chi connectivity index (χ0v) is 17.5. The van der Waals surface area contributed by atoms with E-state index < -0.39 is 4.92 Å². The highest BCUT2D eigenvalue weighted by Crippen LogP contribution is 2.26. The van der Waals surface area contributed by atoms with Crippen LogP contribution in [0.5, 0.6) is 11.5 Å². The van der Waals surface area contributed by atoms with Crippen LogP contribution in [0.3, 0.4) is 0 Å². The monoisotopic (exact) mass is 456 g/mol. The number of nitro benzene ring substituents is 1. The Kier molecular flexibility index (Phi) is 7.08. The average Bonchev–Trinajstić information content (AvgIpc) is 2.73. The Morgan fingerprint density at radius 1 is 1.00 bits per heavy atom. The molecule has 150 valence electrons. The maximum atomic E-state index is 10.8. The minimum absolute atomic E-state index is 0.0673. The van der Waals surface area contributed by atoms with Crippen LogP contribution in [0.2, 0.25) is 0 Å². The molecule has 0 radical (unpaired) electrons. The standard InChI is InChI=1S/C22H21BrN2O4/c1-2-28-21-10-6-19(7-11-21)24-14-17-13-18(23)5-12-22(17)29-15-16-3-8-20(9-4-16)25(26)27/h3-13,24H,2,14-15H2,1H3. The highest BCUT2D eigenvalue weighted by molar-refractivity contribution is 9.10. The van der Waals surface area contributed by atoms with E-state index in [4.69, 9.17) is 9.47 Å². The van der Waals surface area contributed by atoms with Crippen molar-refractivity contribution in [3.63, 3.8) is 0 Å². The van der Waals surface area contributed by atoms with E-state index in [1.807, 2.05) is 49.4 Å². The summed E-state index contributed by atoms with van der Waals surface area (Å²) in [4.78, 5) is 10.4. The van der Waals surface area contributed by atoms with E-state index in [-0.39, 0.29) is 5.69 Å². The van der Waals surface area contributed by atoms with Crippen molar-refractivity contribution in [2.45, 2.75) is 20.1 Å². The maximum Gasteiger partial charge on any atom is 0.269 e. The molecule has 0 aromatic heterocycles. The second-order valence-corrected chi connectivity index (χ2v) is 7.19. The molecular weight excluding hydrogens is 436 g/mol. The van der Waals surface area contributed by atoms with E-state index in [1.54, 1.807) is 12.1 Å². The molecule has 3 aromatic rings. The molecule has 0 aliphatic carbocycles. The van der Waals surface area contributed by atoms with Crippen LogP contribution in [0, 0.1) is 10.1 Å². The molecule has 3 rings (SSSR count). The van der Waals surface area contributed by atoms with Crippen molar-refractivity contribution >= 4 is 27.3 Å². The lowest BCUT2D eigenvalue weighted by Crippen LogP contribution is -2.04. The van der Waals surface area contributed by atoms with Gasteiger partial charge in [0.25, 0.3) is 5.69 Å². The maximum absolute atomic E-state index is 10.8. The highest BCUT2D eigenvalue weighted by Gasteiger charge is 2.08. The van der Waals surface area contributed by atoms with Gasteiger partial charge >= 0.3 is 0 Å². The number of anilines is 1. The van der Waals surface area contributed by atoms with Gasteiger partial charge in [0.1, 0.15) is 18.1 Å². The lowest BCUT2D eigenvalue weighted by atomic mass is 10.2. The van der Waals surface area contributed by atoms with Crippen LogP contribution in [-0.4, -0.2) is 11.5 Å². The zero-order valence-electron chi connectivity index (χ0n) is 15.9. The molecule has 0 saturated heterocycles. The fourth-order valence-electron chi connectivity index (χ4n) is 2.73. The van der Waals surface area contributed by atoms with E-state index >= 15 is 0 Å². The number of rotatable bonds is 9. The van der Waals surface area contributed by atoms with Crippen molar-refractivity contribution < 1.29 is 14.4 Å². The summed E-state index contributed by atoms with van der Waals surface area (Å²) in [6.45, 7) is 3.51. The number of nitrogens with one attached hydrogen (secondary N) is 1. The number of hydrogen-bond acceptors (Lipinski definition) is 5. The number of ether oxygens (including phenoxy) is 2. The van der Waals surface area contributed by atoms with Crippen molar-refractivity contribution in [2.24, 2.45) is 0 Å². The number of hydrogen-bond donors (Lipinski definition) is 1. The Hall–Kier alpha value is -3.06. The third kappa shape index (κ3) is 5.96. The topological polar surface area (TPSA) is 73.6 Å². The molecule has 0 aliphatic rings. The molecule has 0 spiro atoms. The molecular formula is C22H21BrN2O4. The molecule has 0 atom stereocenters. The van der Waals surface area contributed by atoms with E-state index in [0.29, 0.717) is 19.8 Å². The first-order chi connectivity index (χ1) is 14.0. The van der Waals surface area contributed by atoms with E-state index in [9.17, 15) is 10.1 Å². The number of halogens is 1. The van der Waals surface area contributed by atoms with Gasteiger partial charge in [-0.3, -0.25) is 10.1 Å². The molecule has 0 heterocycles. The molecule has 3 aromatic carbocycles. The van der Waals surface area contributed by atoms with Crippen LogP contribution >= 0.6 is 15.9 Å². The van der Waals surface area contributed by atoms with Gasteiger partial charge in [-0.1, -0.05) is 15.9 Å². The van der Waals surface area contributed by atoms with Crippen molar-refractivity contribution in [1.82, 2.24) is 0 Å². The summed E-state index contributed by atoms with van der Waals surface area (Å²) in [5.74, 6) is 1.60. The number of nitro groups is 1. The predicted octanol–water partition coefficient (Wildman–Crippen LogP) is 5.95. The van der Waals surface area contributed by atoms with E-state index in [0.717, 1.165) is 32.8 Å². The van der Waals surface area contributed by atoms with Crippen LogP contribution in [0.15, 0.2) is 71.2 Å². The van der Waals surface area contributed by atoms with Crippen LogP contribution in [0.1, 0.15) is 18.1 Å². The minimum atomic E-state index is -0.413. The number of benzene rings is 3. The normalized spacial score (nSPS) is 10.4. The first-order valence-electron chi connectivity index (χ1n) is 9.16. The molecule has 0 bridgehead atoms. The summed E-state index contributed by atoms with van der Waals surface area (Å²) in [5, 5.41) is 14.1. The van der Waals surface area contributed by atoms with Crippen LogP contribution in [0.25, 0.3) is 0 Å². The smallest absolute Gasteiger partial charge is 0.269 e. The third-order valence-corrected chi connectivity index (χ3v) is 4.71. The van der Waals surface area contributed by atoms with Crippen molar-refractivity contribution in [3.05, 3.63) is 92.4 Å². The second-order valence-electron chi connectivity index (χ2n) is 6.28. The third-order valence-electron chi connectivity index (χ3n) is 4.21. The van der Waals surface area contributed by atoms with Gasteiger partial charge in [0.05, 0.1) is 11.5 Å². The SMILES string of the molecule is CCOc1ccc(NCc2cc(Br)ccc2OCc2ccc([N+](=O)[O-])cc2)cc1. The van der Waals surface area contributed by atoms with Gasteiger partial charge in [0.15, 0.2) is 0 Å². The number of nitrogens with zero attached hydrogens (tertiary/aromatic N) is 1. The Labute approximate surface area is 177 Å². The Bertz CT molecular complexity index is 960. The Morgan fingerprint density at radius 2 is 1.72 bits per heavy atom. The predicted molar refractivity (Wildman–Crippen MR) is 117 cm³/mol. The number of non-ortho nitro benzene ring substituents is 1. The summed E-state index contributed by atoms with van der Waals surface area (Å²) >= 11 is 3.50. The quantitative estimate of drug-likeness (QED) is 0.318. The molecule has 0 aliphatic heterocycles. The fourth-order valence-corrected chi connectivity index (χ4v) is 3.14. The van der Waals surface area contributed by atoms with Crippen LogP contribution in [-0.2, 0) is 13.2 Å².